The first-order valence-corrected chi connectivity index (χ1v) is 12.2. The van der Waals surface area contributed by atoms with E-state index in [9.17, 15) is 9.59 Å². The van der Waals surface area contributed by atoms with Crippen molar-refractivity contribution in [1.29, 1.82) is 0 Å². The maximum Gasteiger partial charge on any atom is 0.318 e. The van der Waals surface area contributed by atoms with Gasteiger partial charge in [-0.15, -0.1) is 0 Å². The average molecular weight is 499 g/mol. The Bertz CT molecular complexity index is 1110. The first-order valence-electron chi connectivity index (χ1n) is 11.8. The topological polar surface area (TPSA) is 74.2 Å². The van der Waals surface area contributed by atoms with Crippen LogP contribution in [0, 0.1) is 13.8 Å². The number of hydrazone groups is 1. The lowest BCUT2D eigenvalue weighted by Gasteiger charge is -2.30. The highest BCUT2D eigenvalue weighted by Gasteiger charge is 2.35. The molecule has 1 heterocycles. The lowest BCUT2D eigenvalue weighted by atomic mass is 9.96. The van der Waals surface area contributed by atoms with Crippen LogP contribution in [0.1, 0.15) is 55.5 Å². The van der Waals surface area contributed by atoms with E-state index in [4.69, 9.17) is 21.4 Å². The number of benzene rings is 2. The number of ether oxygens (including phenoxy) is 1. The Balaban J connectivity index is 1.93. The minimum Gasteiger partial charge on any atom is -0.383 e. The Hall–Kier alpha value is -2.90. The largest absolute Gasteiger partial charge is 0.383 e. The van der Waals surface area contributed by atoms with Gasteiger partial charge in [-0.05, 0) is 69.0 Å². The van der Waals surface area contributed by atoms with Crippen LogP contribution >= 0.6 is 11.6 Å². The predicted octanol–water partition coefficient (Wildman–Crippen LogP) is 5.09. The number of hydrogen-bond acceptors (Lipinski definition) is 4. The van der Waals surface area contributed by atoms with E-state index in [0.717, 1.165) is 22.4 Å². The number of aryl methyl sites for hydroxylation is 2. The van der Waals surface area contributed by atoms with Gasteiger partial charge in [0.25, 0.3) is 5.91 Å². The fourth-order valence-electron chi connectivity index (χ4n) is 3.91. The lowest BCUT2D eigenvalue weighted by Crippen LogP contribution is -2.52. The van der Waals surface area contributed by atoms with Crippen molar-refractivity contribution in [3.05, 3.63) is 69.7 Å². The molecule has 3 rings (SSSR count). The number of nitrogens with zero attached hydrogens (tertiary/aromatic N) is 3. The van der Waals surface area contributed by atoms with E-state index in [0.29, 0.717) is 18.1 Å². The van der Waals surface area contributed by atoms with Crippen molar-refractivity contribution >= 4 is 29.3 Å². The van der Waals surface area contributed by atoms with Gasteiger partial charge >= 0.3 is 6.03 Å². The summed E-state index contributed by atoms with van der Waals surface area (Å²) in [5.74, 6) is -0.283. The summed E-state index contributed by atoms with van der Waals surface area (Å²) in [5, 5.41) is 9.73. The quantitative estimate of drug-likeness (QED) is 0.577. The molecule has 1 atom stereocenters. The summed E-state index contributed by atoms with van der Waals surface area (Å²) >= 11 is 6.53. The third-order valence-electron chi connectivity index (χ3n) is 5.93. The van der Waals surface area contributed by atoms with E-state index in [1.807, 2.05) is 51.1 Å². The molecule has 35 heavy (non-hydrogen) atoms. The molecule has 0 fully saturated rings. The van der Waals surface area contributed by atoms with E-state index in [1.165, 1.54) is 15.5 Å². The molecule has 1 aliphatic rings. The maximum atomic E-state index is 13.6. The average Bonchev–Trinajstić information content (AvgIpc) is 3.22. The van der Waals surface area contributed by atoms with E-state index < -0.39 is 5.54 Å². The molecule has 0 radical (unpaired) electrons. The molecular formula is C27H35ClN4O3. The Morgan fingerprint density at radius 3 is 2.51 bits per heavy atom. The van der Waals surface area contributed by atoms with Crippen molar-refractivity contribution in [2.75, 3.05) is 26.8 Å². The summed E-state index contributed by atoms with van der Waals surface area (Å²) in [7, 11) is 1.57. The highest BCUT2D eigenvalue weighted by Crippen LogP contribution is 2.36. The van der Waals surface area contributed by atoms with Crippen LogP contribution < -0.4 is 5.32 Å². The zero-order chi connectivity index (χ0) is 25.8. The van der Waals surface area contributed by atoms with Crippen molar-refractivity contribution in [2.45, 2.75) is 52.6 Å². The first-order chi connectivity index (χ1) is 16.5. The second-order valence-corrected chi connectivity index (χ2v) is 10.3. The maximum absolute atomic E-state index is 13.6. The molecule has 0 saturated heterocycles. The van der Waals surface area contributed by atoms with Crippen molar-refractivity contribution in [3.63, 3.8) is 0 Å². The van der Waals surface area contributed by atoms with Crippen molar-refractivity contribution in [1.82, 2.24) is 15.2 Å². The van der Waals surface area contributed by atoms with Gasteiger partial charge in [-0.2, -0.15) is 5.10 Å². The highest BCUT2D eigenvalue weighted by atomic mass is 35.5. The van der Waals surface area contributed by atoms with Crippen LogP contribution in [0.25, 0.3) is 0 Å². The molecule has 2 aromatic carbocycles. The molecule has 0 spiro atoms. The Morgan fingerprint density at radius 2 is 1.89 bits per heavy atom. The number of carbonyl (C=O) groups is 2. The van der Waals surface area contributed by atoms with Crippen LogP contribution in [0.15, 0.2) is 47.6 Å². The number of rotatable bonds is 7. The van der Waals surface area contributed by atoms with Crippen LogP contribution in [0.4, 0.5) is 4.79 Å². The highest BCUT2D eigenvalue weighted by molar-refractivity contribution is 6.31. The molecule has 0 aliphatic carbocycles. The number of nitrogens with one attached hydrogen (secondary N) is 1. The molecule has 188 valence electrons. The fourth-order valence-corrected chi connectivity index (χ4v) is 4.17. The number of methoxy groups -OCH3 is 1. The molecule has 0 bridgehead atoms. The summed E-state index contributed by atoms with van der Waals surface area (Å²) in [6, 6.07) is 13.0. The molecule has 1 N–H and O–H groups in total. The van der Waals surface area contributed by atoms with E-state index >= 15 is 0 Å². The van der Waals surface area contributed by atoms with Crippen molar-refractivity contribution in [2.24, 2.45) is 5.10 Å². The predicted molar refractivity (Wildman–Crippen MR) is 140 cm³/mol. The molecule has 0 aromatic heterocycles. The van der Waals surface area contributed by atoms with Gasteiger partial charge in [-0.1, -0.05) is 41.9 Å². The minimum absolute atomic E-state index is 0.129. The summed E-state index contributed by atoms with van der Waals surface area (Å²) in [6.07, 6.45) is 0.532. The van der Waals surface area contributed by atoms with Crippen LogP contribution in [-0.2, 0) is 9.53 Å². The molecule has 0 unspecified atom stereocenters. The molecule has 0 saturated carbocycles. The number of amides is 3. The van der Waals surface area contributed by atoms with Gasteiger partial charge < -0.3 is 15.0 Å². The standard InChI is InChI=1S/C27H35ClN4O3/c1-18-11-12-20(15-19(18)2)23-16-24(21-9-7-8-10-22(21)28)32(30-23)25(33)17-31(13-14-35-6)26(34)29-27(3,4)5/h7-12,15,24H,13-14,16-17H2,1-6H3,(H,29,34)/t24-/m1/s1. The molecule has 3 amide bonds. The van der Waals surface area contributed by atoms with E-state index in [1.54, 1.807) is 7.11 Å². The summed E-state index contributed by atoms with van der Waals surface area (Å²) < 4.78 is 5.17. The zero-order valence-electron chi connectivity index (χ0n) is 21.4. The van der Waals surface area contributed by atoms with Crippen LogP contribution in [0.2, 0.25) is 5.02 Å². The molecule has 7 nitrogen and oxygen atoms in total. The smallest absolute Gasteiger partial charge is 0.318 e. The lowest BCUT2D eigenvalue weighted by molar-refractivity contribution is -0.133. The van der Waals surface area contributed by atoms with Crippen molar-refractivity contribution in [3.8, 4) is 0 Å². The van der Waals surface area contributed by atoms with Gasteiger partial charge in [0.2, 0.25) is 0 Å². The third-order valence-corrected chi connectivity index (χ3v) is 6.28. The number of halogens is 1. The third kappa shape index (κ3) is 6.83. The SMILES string of the molecule is COCCN(CC(=O)N1N=C(c2ccc(C)c(C)c2)C[C@@H]1c1ccccc1Cl)C(=O)NC(C)(C)C. The number of carbonyl (C=O) groups excluding carboxylic acids is 2. The molecule has 2 aromatic rings. The van der Waals surface area contributed by atoms with Crippen LogP contribution in [0.5, 0.6) is 0 Å². The summed E-state index contributed by atoms with van der Waals surface area (Å²) in [5.41, 5.74) is 4.53. The van der Waals surface area contributed by atoms with Gasteiger partial charge in [-0.3, -0.25) is 4.79 Å². The number of hydrogen-bond donors (Lipinski definition) is 1. The van der Waals surface area contributed by atoms with Gasteiger partial charge in [0.15, 0.2) is 0 Å². The molecule has 1 aliphatic heterocycles. The Kier molecular flexibility index (Phi) is 8.56. The summed E-state index contributed by atoms with van der Waals surface area (Å²) in [6.45, 7) is 10.3. The van der Waals surface area contributed by atoms with Gasteiger partial charge in [0.1, 0.15) is 6.54 Å². The van der Waals surface area contributed by atoms with E-state index in [2.05, 4.69) is 31.3 Å². The summed E-state index contributed by atoms with van der Waals surface area (Å²) in [4.78, 5) is 28.0. The van der Waals surface area contributed by atoms with Gasteiger partial charge in [-0.25, -0.2) is 9.80 Å². The van der Waals surface area contributed by atoms with Crippen molar-refractivity contribution < 1.29 is 14.3 Å². The first kappa shape index (κ1) is 26.7. The van der Waals surface area contributed by atoms with Crippen LogP contribution in [0.3, 0.4) is 0 Å². The number of urea groups is 1. The van der Waals surface area contributed by atoms with Gasteiger partial charge in [0, 0.05) is 30.6 Å². The monoisotopic (exact) mass is 498 g/mol. The Labute approximate surface area is 213 Å². The Morgan fingerprint density at radius 1 is 1.17 bits per heavy atom. The normalized spacial score (nSPS) is 15.7. The van der Waals surface area contributed by atoms with E-state index in [-0.39, 0.29) is 31.1 Å². The zero-order valence-corrected chi connectivity index (χ0v) is 22.1. The second kappa shape index (κ2) is 11.2. The second-order valence-electron chi connectivity index (χ2n) is 9.92. The molecule has 8 heteroatoms. The minimum atomic E-state index is -0.437. The van der Waals surface area contributed by atoms with Gasteiger partial charge in [0.05, 0.1) is 18.4 Å². The molecular weight excluding hydrogens is 464 g/mol. The fraction of sp³-hybridized carbons (Fsp3) is 0.444. The van der Waals surface area contributed by atoms with Crippen LogP contribution in [-0.4, -0.2) is 59.9 Å².